The van der Waals surface area contributed by atoms with Crippen LogP contribution in [0.1, 0.15) is 34.8 Å². The Morgan fingerprint density at radius 1 is 1.42 bits per heavy atom. The summed E-state index contributed by atoms with van der Waals surface area (Å²) in [5, 5.41) is 19.6. The second-order valence-corrected chi connectivity index (χ2v) is 4.60. The molecule has 0 saturated heterocycles. The molecule has 1 aromatic carbocycles. The lowest BCUT2D eigenvalue weighted by atomic mass is 10.0. The van der Waals surface area contributed by atoms with E-state index >= 15 is 0 Å². The molecule has 4 nitrogen and oxygen atoms in total. The molecule has 2 N–H and O–H groups in total. The second kappa shape index (κ2) is 5.18. The normalized spacial score (nSPS) is 20.3. The Hall–Kier alpha value is -2.23. The number of ether oxygens (including phenoxy) is 1. The predicted molar refractivity (Wildman–Crippen MR) is 72.2 cm³/mol. The van der Waals surface area contributed by atoms with Gasteiger partial charge in [0.15, 0.2) is 6.29 Å². The van der Waals surface area contributed by atoms with Crippen LogP contribution in [-0.2, 0) is 4.74 Å². The molecule has 0 fully saturated rings. The summed E-state index contributed by atoms with van der Waals surface area (Å²) in [7, 11) is 0. The molecule has 1 aliphatic heterocycles. The van der Waals surface area contributed by atoms with E-state index in [1.54, 1.807) is 13.0 Å². The summed E-state index contributed by atoms with van der Waals surface area (Å²) in [5.41, 5.74) is 0.875. The van der Waals surface area contributed by atoms with Crippen molar-refractivity contribution in [3.8, 4) is 11.5 Å². The Labute approximate surface area is 111 Å². The zero-order valence-corrected chi connectivity index (χ0v) is 10.9. The third-order valence-electron chi connectivity index (χ3n) is 3.10. The minimum atomic E-state index is -0.199. The summed E-state index contributed by atoms with van der Waals surface area (Å²) < 4.78 is 5.59. The first-order valence-corrected chi connectivity index (χ1v) is 6.08. The van der Waals surface area contributed by atoms with E-state index in [1.165, 1.54) is 6.07 Å². The molecule has 1 atom stereocenters. The fraction of sp³-hybridized carbons (Fsp3) is 0.267. The van der Waals surface area contributed by atoms with Crippen LogP contribution in [0.3, 0.4) is 0 Å². The quantitative estimate of drug-likeness (QED) is 0.802. The average Bonchev–Trinajstić information content (AvgIpc) is 2.37. The Kier molecular flexibility index (Phi) is 3.60. The van der Waals surface area contributed by atoms with Gasteiger partial charge in [0.05, 0.1) is 11.7 Å². The van der Waals surface area contributed by atoms with Gasteiger partial charge < -0.3 is 14.9 Å². The van der Waals surface area contributed by atoms with Crippen LogP contribution in [0, 0.1) is 6.92 Å². The number of benzene rings is 1. The topological polar surface area (TPSA) is 66.8 Å². The van der Waals surface area contributed by atoms with Crippen LogP contribution in [0.5, 0.6) is 11.5 Å². The maximum absolute atomic E-state index is 11.1. The minimum Gasteiger partial charge on any atom is -0.508 e. The van der Waals surface area contributed by atoms with Gasteiger partial charge >= 0.3 is 0 Å². The van der Waals surface area contributed by atoms with Crippen molar-refractivity contribution in [1.29, 1.82) is 0 Å². The van der Waals surface area contributed by atoms with E-state index in [0.717, 1.165) is 6.42 Å². The van der Waals surface area contributed by atoms with E-state index in [1.807, 2.05) is 19.1 Å². The lowest BCUT2D eigenvalue weighted by Crippen LogP contribution is -2.09. The van der Waals surface area contributed by atoms with Crippen molar-refractivity contribution in [1.82, 2.24) is 0 Å². The highest BCUT2D eigenvalue weighted by Gasteiger charge is 2.15. The zero-order chi connectivity index (χ0) is 14.0. The molecule has 0 unspecified atom stereocenters. The van der Waals surface area contributed by atoms with E-state index in [9.17, 15) is 15.0 Å². The molecule has 1 aliphatic rings. The van der Waals surface area contributed by atoms with Crippen molar-refractivity contribution < 1.29 is 19.7 Å². The molecule has 0 aromatic heterocycles. The number of phenolic OH excluding ortho intramolecular Hbond substituents is 2. The summed E-state index contributed by atoms with van der Waals surface area (Å²) in [4.78, 5) is 11.1. The molecule has 0 spiro atoms. The number of hydrogen-bond donors (Lipinski definition) is 2. The molecule has 0 amide bonds. The van der Waals surface area contributed by atoms with Crippen LogP contribution in [0.2, 0.25) is 0 Å². The minimum absolute atomic E-state index is 0.0530. The van der Waals surface area contributed by atoms with Gasteiger partial charge in [-0.2, -0.15) is 0 Å². The third kappa shape index (κ3) is 2.62. The lowest BCUT2D eigenvalue weighted by Gasteiger charge is -2.18. The van der Waals surface area contributed by atoms with E-state index in [2.05, 4.69) is 0 Å². The highest BCUT2D eigenvalue weighted by atomic mass is 16.5. The Morgan fingerprint density at radius 2 is 2.16 bits per heavy atom. The predicted octanol–water partition coefficient (Wildman–Crippen LogP) is 2.92. The fourth-order valence-corrected chi connectivity index (χ4v) is 1.97. The van der Waals surface area contributed by atoms with Crippen molar-refractivity contribution in [2.45, 2.75) is 26.4 Å². The first-order valence-electron chi connectivity index (χ1n) is 6.08. The highest BCUT2D eigenvalue weighted by molar-refractivity contribution is 5.87. The van der Waals surface area contributed by atoms with Crippen LogP contribution in [0.25, 0.3) is 6.08 Å². The van der Waals surface area contributed by atoms with Crippen molar-refractivity contribution in [2.24, 2.45) is 0 Å². The van der Waals surface area contributed by atoms with Crippen LogP contribution in [0.15, 0.2) is 24.0 Å². The molecule has 19 heavy (non-hydrogen) atoms. The number of rotatable bonds is 2. The summed E-state index contributed by atoms with van der Waals surface area (Å²) in [5.74, 6) is 0.349. The zero-order valence-electron chi connectivity index (χ0n) is 10.9. The SMILES string of the molecule is Cc1c(O)cc(C=C2C=CC[C@H](C)O2)c(C=O)c1O. The number of hydrogen-bond acceptors (Lipinski definition) is 4. The molecular formula is C15H16O4. The maximum Gasteiger partial charge on any atom is 0.154 e. The molecule has 0 bridgehead atoms. The van der Waals surface area contributed by atoms with Crippen molar-refractivity contribution in [2.75, 3.05) is 0 Å². The van der Waals surface area contributed by atoms with E-state index in [-0.39, 0.29) is 28.7 Å². The number of aldehydes is 1. The monoisotopic (exact) mass is 260 g/mol. The number of aromatic hydroxyl groups is 2. The summed E-state index contributed by atoms with van der Waals surface area (Å²) >= 11 is 0. The smallest absolute Gasteiger partial charge is 0.154 e. The van der Waals surface area contributed by atoms with Gasteiger partial charge in [-0.3, -0.25) is 4.79 Å². The van der Waals surface area contributed by atoms with Gasteiger partial charge in [-0.25, -0.2) is 0 Å². The van der Waals surface area contributed by atoms with E-state index < -0.39 is 0 Å². The van der Waals surface area contributed by atoms with Gasteiger partial charge in [0.25, 0.3) is 0 Å². The van der Waals surface area contributed by atoms with Crippen molar-refractivity contribution in [3.63, 3.8) is 0 Å². The Bertz CT molecular complexity index is 570. The van der Waals surface area contributed by atoms with Crippen molar-refractivity contribution in [3.05, 3.63) is 40.7 Å². The van der Waals surface area contributed by atoms with Crippen molar-refractivity contribution >= 4 is 12.4 Å². The van der Waals surface area contributed by atoms with Gasteiger partial charge in [-0.1, -0.05) is 6.08 Å². The van der Waals surface area contributed by atoms with E-state index in [0.29, 0.717) is 17.6 Å². The molecule has 0 radical (unpaired) electrons. The standard InChI is InChI=1S/C15H16O4/c1-9-4-3-5-12(19-9)6-11-7-14(17)10(2)15(18)13(11)8-16/h3,5-9,17-18H,4H2,1-2H3/t9-/m0/s1. The molecule has 1 heterocycles. The van der Waals surface area contributed by atoms with Gasteiger partial charge in [0.2, 0.25) is 0 Å². The maximum atomic E-state index is 11.1. The van der Waals surface area contributed by atoms with E-state index in [4.69, 9.17) is 4.74 Å². The van der Waals surface area contributed by atoms with Crippen LogP contribution in [0.4, 0.5) is 0 Å². The van der Waals surface area contributed by atoms with Crippen LogP contribution < -0.4 is 0 Å². The Balaban J connectivity index is 2.51. The van der Waals surface area contributed by atoms with Crippen LogP contribution in [-0.4, -0.2) is 22.6 Å². The molecule has 0 aliphatic carbocycles. The van der Waals surface area contributed by atoms with Gasteiger partial charge in [-0.15, -0.1) is 0 Å². The number of phenols is 2. The summed E-state index contributed by atoms with van der Waals surface area (Å²) in [6.07, 6.45) is 6.90. The highest BCUT2D eigenvalue weighted by Crippen LogP contribution is 2.33. The third-order valence-corrected chi connectivity index (χ3v) is 3.10. The second-order valence-electron chi connectivity index (χ2n) is 4.60. The first kappa shape index (κ1) is 13.2. The fourth-order valence-electron chi connectivity index (χ4n) is 1.97. The molecule has 1 aromatic rings. The molecule has 100 valence electrons. The molecule has 0 saturated carbocycles. The summed E-state index contributed by atoms with van der Waals surface area (Å²) in [6.45, 7) is 3.50. The average molecular weight is 260 g/mol. The van der Waals surface area contributed by atoms with Crippen LogP contribution >= 0.6 is 0 Å². The first-order chi connectivity index (χ1) is 9.02. The Morgan fingerprint density at radius 3 is 2.79 bits per heavy atom. The molecule has 2 rings (SSSR count). The van der Waals surface area contributed by atoms with Gasteiger partial charge in [0.1, 0.15) is 17.3 Å². The largest absolute Gasteiger partial charge is 0.508 e. The number of carbonyl (C=O) groups is 1. The lowest BCUT2D eigenvalue weighted by molar-refractivity contribution is 0.112. The number of allylic oxidation sites excluding steroid dienone is 1. The van der Waals surface area contributed by atoms with Gasteiger partial charge in [0, 0.05) is 12.0 Å². The molecule has 4 heteroatoms. The number of carbonyl (C=O) groups excluding carboxylic acids is 1. The van der Waals surface area contributed by atoms with Gasteiger partial charge in [-0.05, 0) is 37.6 Å². The molecular weight excluding hydrogens is 244 g/mol. The summed E-state index contributed by atoms with van der Waals surface area (Å²) in [6, 6.07) is 1.45.